The van der Waals surface area contributed by atoms with Gasteiger partial charge in [-0.05, 0) is 55.4 Å². The third-order valence-electron chi connectivity index (χ3n) is 6.47. The lowest BCUT2D eigenvalue weighted by Crippen LogP contribution is -2.14. The highest BCUT2D eigenvalue weighted by molar-refractivity contribution is 6.04. The first-order valence-electron chi connectivity index (χ1n) is 11.0. The van der Waals surface area contributed by atoms with Crippen LogP contribution in [0.2, 0.25) is 0 Å². The molecule has 2 N–H and O–H groups in total. The minimum atomic E-state index is 0.123. The summed E-state index contributed by atoms with van der Waals surface area (Å²) in [7, 11) is 0. The van der Waals surface area contributed by atoms with E-state index in [0.717, 1.165) is 78.4 Å². The largest absolute Gasteiger partial charge is 0.368 e. The van der Waals surface area contributed by atoms with Crippen LogP contribution in [0.15, 0.2) is 36.8 Å². The van der Waals surface area contributed by atoms with Crippen molar-refractivity contribution in [2.75, 3.05) is 5.73 Å². The van der Waals surface area contributed by atoms with Crippen molar-refractivity contribution >= 4 is 22.8 Å². The first kappa shape index (κ1) is 19.0. The number of allylic oxidation sites excluding steroid dienone is 1. The van der Waals surface area contributed by atoms with E-state index in [9.17, 15) is 4.79 Å². The molecule has 1 saturated carbocycles. The number of Topliss-reactive ketones (excluding diaryl/α,β-unsaturated/α-hetero) is 1. The van der Waals surface area contributed by atoms with E-state index in [1.165, 1.54) is 12.8 Å². The Bertz CT molecular complexity index is 1120. The Morgan fingerprint density at radius 1 is 1.10 bits per heavy atom. The molecule has 0 amide bonds. The van der Waals surface area contributed by atoms with E-state index in [0.29, 0.717) is 5.95 Å². The fourth-order valence-corrected chi connectivity index (χ4v) is 4.85. The monoisotopic (exact) mass is 401 g/mol. The van der Waals surface area contributed by atoms with Gasteiger partial charge in [-0.25, -0.2) is 14.5 Å². The molecule has 0 aromatic carbocycles. The number of carbonyl (C=O) groups excluding carboxylic acids is 1. The van der Waals surface area contributed by atoms with Crippen LogP contribution in [0.5, 0.6) is 0 Å². The summed E-state index contributed by atoms with van der Waals surface area (Å²) in [6, 6.07) is 4.14. The van der Waals surface area contributed by atoms with Crippen molar-refractivity contribution in [3.05, 3.63) is 59.2 Å². The van der Waals surface area contributed by atoms with Crippen LogP contribution in [-0.4, -0.2) is 25.4 Å². The highest BCUT2D eigenvalue weighted by Gasteiger charge is 2.25. The third-order valence-corrected chi connectivity index (χ3v) is 6.47. The zero-order valence-corrected chi connectivity index (χ0v) is 17.2. The van der Waals surface area contributed by atoms with Gasteiger partial charge in [-0.1, -0.05) is 31.8 Å². The van der Waals surface area contributed by atoms with E-state index in [1.807, 2.05) is 16.9 Å². The van der Waals surface area contributed by atoms with Gasteiger partial charge in [0.2, 0.25) is 5.95 Å². The molecule has 154 valence electrons. The summed E-state index contributed by atoms with van der Waals surface area (Å²) in [5, 5.41) is 4.45. The number of hydrogen-bond acceptors (Lipinski definition) is 5. The van der Waals surface area contributed by atoms with Crippen LogP contribution in [0.4, 0.5) is 5.95 Å². The quantitative estimate of drug-likeness (QED) is 0.511. The first-order chi connectivity index (χ1) is 14.7. The van der Waals surface area contributed by atoms with E-state index < -0.39 is 0 Å². The van der Waals surface area contributed by atoms with E-state index >= 15 is 0 Å². The molecule has 5 rings (SSSR count). The molecule has 1 fully saturated rings. The highest BCUT2D eigenvalue weighted by Crippen LogP contribution is 2.32. The predicted molar refractivity (Wildman–Crippen MR) is 117 cm³/mol. The Morgan fingerprint density at radius 3 is 2.77 bits per heavy atom. The summed E-state index contributed by atoms with van der Waals surface area (Å²) >= 11 is 0. The number of rotatable bonds is 3. The molecule has 0 aliphatic heterocycles. The molecule has 6 nitrogen and oxygen atoms in total. The minimum Gasteiger partial charge on any atom is -0.368 e. The molecule has 6 heteroatoms. The van der Waals surface area contributed by atoms with Gasteiger partial charge >= 0.3 is 0 Å². The van der Waals surface area contributed by atoms with Gasteiger partial charge in [0.05, 0.1) is 23.0 Å². The number of pyridine rings is 1. The summed E-state index contributed by atoms with van der Waals surface area (Å²) in [4.78, 5) is 22.0. The van der Waals surface area contributed by atoms with Gasteiger partial charge in [0, 0.05) is 23.9 Å². The molecule has 0 spiro atoms. The first-order valence-corrected chi connectivity index (χ1v) is 11.0. The van der Waals surface area contributed by atoms with E-state index in [-0.39, 0.29) is 11.7 Å². The molecule has 2 aliphatic rings. The van der Waals surface area contributed by atoms with E-state index in [4.69, 9.17) is 5.73 Å². The van der Waals surface area contributed by atoms with Gasteiger partial charge in [0.25, 0.3) is 0 Å². The Morgan fingerprint density at radius 2 is 1.93 bits per heavy atom. The number of fused-ring (bicyclic) bond motifs is 2. The Kier molecular flexibility index (Phi) is 5.07. The molecule has 0 atom stereocenters. The second-order valence-corrected chi connectivity index (χ2v) is 8.45. The maximum atomic E-state index is 13.3. The van der Waals surface area contributed by atoms with Crippen LogP contribution in [0.25, 0.3) is 11.1 Å². The van der Waals surface area contributed by atoms with E-state index in [1.54, 1.807) is 6.20 Å². The number of hydrogen-bond donors (Lipinski definition) is 1. The van der Waals surface area contributed by atoms with E-state index in [2.05, 4.69) is 33.3 Å². The molecule has 0 bridgehead atoms. The summed E-state index contributed by atoms with van der Waals surface area (Å²) in [5.41, 5.74) is 11.6. The van der Waals surface area contributed by atoms with Crippen LogP contribution in [0.1, 0.15) is 78.5 Å². The van der Waals surface area contributed by atoms with Crippen molar-refractivity contribution in [1.29, 1.82) is 0 Å². The average molecular weight is 402 g/mol. The van der Waals surface area contributed by atoms with Crippen molar-refractivity contribution in [2.45, 2.75) is 57.8 Å². The number of carbonyl (C=O) groups is 1. The molecule has 0 radical (unpaired) electrons. The summed E-state index contributed by atoms with van der Waals surface area (Å²) in [6.45, 7) is 0. The fraction of sp³-hybridized carbons (Fsp3) is 0.417. The molecule has 3 aromatic heterocycles. The third kappa shape index (κ3) is 3.51. The molecule has 0 saturated heterocycles. The second kappa shape index (κ2) is 8.01. The van der Waals surface area contributed by atoms with Gasteiger partial charge in [-0.15, -0.1) is 0 Å². The molecular formula is C24H27N5O. The average Bonchev–Trinajstić information content (AvgIpc) is 2.92. The summed E-state index contributed by atoms with van der Waals surface area (Å²) in [6.07, 6.45) is 17.4. The Balaban J connectivity index is 1.55. The van der Waals surface area contributed by atoms with Crippen molar-refractivity contribution in [3.8, 4) is 0 Å². The molecule has 0 unspecified atom stereocenters. The van der Waals surface area contributed by atoms with Gasteiger partial charge in [-0.3, -0.25) is 4.79 Å². The standard InChI is InChI=1S/C24H27N5O/c25-24-26-14-19-18(9-5-6-10-21(19)28-24)17-11-12-29-22(13-17)20(15-27-29)23(30)16-7-3-1-2-4-8-16/h9,11-16H,1-8,10H2,(H2,25,26,28). The SMILES string of the molecule is Nc1ncc2c(n1)CCCC=C2c1ccn2ncc(C(=O)C3CCCCCC3)c2c1. The van der Waals surface area contributed by atoms with Crippen molar-refractivity contribution in [1.82, 2.24) is 19.6 Å². The normalized spacial score (nSPS) is 17.8. The van der Waals surface area contributed by atoms with Crippen LogP contribution < -0.4 is 5.73 Å². The molecule has 30 heavy (non-hydrogen) atoms. The maximum Gasteiger partial charge on any atom is 0.220 e. The molecule has 2 aliphatic carbocycles. The number of nitrogens with two attached hydrogens (primary N) is 1. The number of nitrogens with zero attached hydrogens (tertiary/aromatic N) is 4. The molecule has 3 heterocycles. The number of nitrogen functional groups attached to an aromatic ring is 1. The van der Waals surface area contributed by atoms with Gasteiger partial charge in [0.1, 0.15) is 0 Å². The highest BCUT2D eigenvalue weighted by atomic mass is 16.1. The Labute approximate surface area is 176 Å². The number of aryl methyl sites for hydroxylation is 1. The number of aromatic nitrogens is 4. The lowest BCUT2D eigenvalue weighted by molar-refractivity contribution is 0.0909. The lowest BCUT2D eigenvalue weighted by atomic mass is 9.91. The van der Waals surface area contributed by atoms with Crippen LogP contribution >= 0.6 is 0 Å². The smallest absolute Gasteiger partial charge is 0.220 e. The minimum absolute atomic E-state index is 0.123. The number of ketones is 1. The maximum absolute atomic E-state index is 13.3. The van der Waals surface area contributed by atoms with Crippen molar-refractivity contribution < 1.29 is 4.79 Å². The lowest BCUT2D eigenvalue weighted by Gasteiger charge is -2.13. The van der Waals surface area contributed by atoms with Gasteiger partial charge in [-0.2, -0.15) is 5.10 Å². The van der Waals surface area contributed by atoms with Gasteiger partial charge in [0.15, 0.2) is 5.78 Å². The second-order valence-electron chi connectivity index (χ2n) is 8.45. The predicted octanol–water partition coefficient (Wildman–Crippen LogP) is 4.63. The Hall–Kier alpha value is -3.02. The van der Waals surface area contributed by atoms with Crippen molar-refractivity contribution in [2.24, 2.45) is 5.92 Å². The van der Waals surface area contributed by atoms with Crippen LogP contribution in [-0.2, 0) is 6.42 Å². The summed E-state index contributed by atoms with van der Waals surface area (Å²) < 4.78 is 1.81. The summed E-state index contributed by atoms with van der Waals surface area (Å²) in [5.74, 6) is 0.686. The zero-order chi connectivity index (χ0) is 20.5. The zero-order valence-electron chi connectivity index (χ0n) is 17.2. The fourth-order valence-electron chi connectivity index (χ4n) is 4.85. The van der Waals surface area contributed by atoms with Crippen LogP contribution in [0.3, 0.4) is 0 Å². The van der Waals surface area contributed by atoms with Crippen molar-refractivity contribution in [3.63, 3.8) is 0 Å². The van der Waals surface area contributed by atoms with Gasteiger partial charge < -0.3 is 5.73 Å². The topological polar surface area (TPSA) is 86.2 Å². The number of anilines is 1. The molecule has 3 aromatic rings. The van der Waals surface area contributed by atoms with Crippen LogP contribution in [0, 0.1) is 5.92 Å². The molecular weight excluding hydrogens is 374 g/mol.